The minimum Gasteiger partial charge on any atom is -0.455 e. The molecule has 0 bridgehead atoms. The molecule has 1 rings (SSSR count). The summed E-state index contributed by atoms with van der Waals surface area (Å²) in [5.74, 6) is 2.04. The molecule has 30 heavy (non-hydrogen) atoms. The Labute approximate surface area is 183 Å². The van der Waals surface area contributed by atoms with E-state index in [0.717, 1.165) is 12.8 Å². The maximum Gasteiger partial charge on any atom is 0.303 e. The van der Waals surface area contributed by atoms with Crippen LogP contribution in [0.5, 0.6) is 0 Å². The minimum atomic E-state index is -0.676. The first-order valence-electron chi connectivity index (χ1n) is 10.3. The van der Waals surface area contributed by atoms with Gasteiger partial charge in [-0.2, -0.15) is 0 Å². The molecule has 0 saturated heterocycles. The van der Waals surface area contributed by atoms with Crippen molar-refractivity contribution >= 4 is 29.5 Å². The fourth-order valence-corrected chi connectivity index (χ4v) is 3.69. The first-order valence-corrected chi connectivity index (χ1v) is 11.2. The zero-order valence-electron chi connectivity index (χ0n) is 18.3. The lowest BCUT2D eigenvalue weighted by molar-refractivity contribution is -0.210. The lowest BCUT2D eigenvalue weighted by Crippen LogP contribution is -2.44. The van der Waals surface area contributed by atoms with Gasteiger partial charge in [-0.15, -0.1) is 23.7 Å². The van der Waals surface area contributed by atoms with Crippen molar-refractivity contribution in [3.63, 3.8) is 0 Å². The van der Waals surface area contributed by atoms with Gasteiger partial charge < -0.3 is 4.74 Å². The van der Waals surface area contributed by atoms with Crippen molar-refractivity contribution in [2.24, 2.45) is 5.92 Å². The number of terminal acetylenes is 1. The van der Waals surface area contributed by atoms with Gasteiger partial charge in [0, 0.05) is 31.6 Å². The molecule has 2 unspecified atom stereocenters. The number of unbranched alkanes of at least 4 members (excludes halogenated alkanes) is 2. The number of amides is 1. The molecule has 0 aliphatic carbocycles. The molecule has 1 aromatic heterocycles. The van der Waals surface area contributed by atoms with Gasteiger partial charge in [0.05, 0.1) is 12.6 Å². The summed E-state index contributed by atoms with van der Waals surface area (Å²) in [5, 5.41) is 3.57. The van der Waals surface area contributed by atoms with Crippen LogP contribution in [-0.4, -0.2) is 40.9 Å². The summed E-state index contributed by atoms with van der Waals surface area (Å²) in [7, 11) is 0. The smallest absolute Gasteiger partial charge is 0.303 e. The van der Waals surface area contributed by atoms with Crippen LogP contribution in [-0.2, 0) is 19.2 Å². The van der Waals surface area contributed by atoms with Crippen LogP contribution in [0.1, 0.15) is 87.8 Å². The van der Waals surface area contributed by atoms with E-state index in [4.69, 9.17) is 16.0 Å². The van der Waals surface area contributed by atoms with Gasteiger partial charge in [-0.3, -0.25) is 19.2 Å². The number of aldehydes is 1. The molecule has 7 nitrogen and oxygen atoms in total. The normalized spacial score (nSPS) is 12.8. The summed E-state index contributed by atoms with van der Waals surface area (Å²) in [6, 6.07) is -0.340. The maximum atomic E-state index is 12.9. The van der Waals surface area contributed by atoms with Crippen molar-refractivity contribution in [3.05, 3.63) is 16.1 Å². The Morgan fingerprint density at radius 3 is 2.63 bits per heavy atom. The van der Waals surface area contributed by atoms with E-state index in [2.05, 4.69) is 10.9 Å². The molecule has 1 heterocycles. The number of hydroxylamine groups is 2. The van der Waals surface area contributed by atoms with Crippen LogP contribution in [0, 0.1) is 18.3 Å². The molecule has 166 valence electrons. The zero-order chi connectivity index (χ0) is 22.5. The van der Waals surface area contributed by atoms with E-state index in [0.29, 0.717) is 43.6 Å². The second-order valence-electron chi connectivity index (χ2n) is 7.34. The molecular weight excluding hydrogens is 404 g/mol. The molecule has 1 aromatic rings. The molecule has 1 amide bonds. The lowest BCUT2D eigenvalue weighted by atomic mass is 9.97. The van der Waals surface area contributed by atoms with Gasteiger partial charge in [-0.25, -0.2) is 10.0 Å². The Balaban J connectivity index is 3.11. The topological polar surface area (TPSA) is 85.8 Å². The van der Waals surface area contributed by atoms with E-state index in [9.17, 15) is 14.4 Å². The Morgan fingerprint density at radius 2 is 2.10 bits per heavy atom. The van der Waals surface area contributed by atoms with Crippen molar-refractivity contribution in [2.45, 2.75) is 78.4 Å². The van der Waals surface area contributed by atoms with Crippen molar-refractivity contribution in [3.8, 4) is 12.3 Å². The van der Waals surface area contributed by atoms with Crippen LogP contribution >= 0.6 is 11.3 Å². The largest absolute Gasteiger partial charge is 0.455 e. The predicted molar refractivity (Wildman–Crippen MR) is 116 cm³/mol. The predicted octanol–water partition coefficient (Wildman–Crippen LogP) is 4.34. The second-order valence-corrected chi connectivity index (χ2v) is 8.23. The molecule has 0 saturated carbocycles. The molecular formula is C22H32N2O5S. The van der Waals surface area contributed by atoms with Crippen molar-refractivity contribution in [1.82, 2.24) is 10.0 Å². The number of aromatic nitrogens is 1. The molecule has 0 N–H and O–H groups in total. The fourth-order valence-electron chi connectivity index (χ4n) is 2.89. The van der Waals surface area contributed by atoms with Gasteiger partial charge in [-0.1, -0.05) is 27.2 Å². The number of carbonyl (C=O) groups is 3. The molecule has 0 aliphatic rings. The van der Waals surface area contributed by atoms with E-state index in [1.54, 1.807) is 5.38 Å². The summed E-state index contributed by atoms with van der Waals surface area (Å²) in [5.41, 5.74) is 0.287. The number of hydrogen-bond donors (Lipinski definition) is 0. The van der Waals surface area contributed by atoms with Crippen molar-refractivity contribution in [1.29, 1.82) is 0 Å². The Bertz CT molecular complexity index is 725. The average Bonchev–Trinajstić information content (AvgIpc) is 3.18. The summed E-state index contributed by atoms with van der Waals surface area (Å²) in [4.78, 5) is 45.7. The first kappa shape index (κ1) is 25.8. The number of ether oxygens (including phenoxy) is 1. The van der Waals surface area contributed by atoms with Crippen LogP contribution in [0.4, 0.5) is 0 Å². The van der Waals surface area contributed by atoms with Crippen LogP contribution in [0.15, 0.2) is 5.38 Å². The van der Waals surface area contributed by atoms with E-state index >= 15 is 0 Å². The van der Waals surface area contributed by atoms with Gasteiger partial charge >= 0.3 is 5.97 Å². The lowest BCUT2D eigenvalue weighted by Gasteiger charge is -2.35. The number of rotatable bonds is 14. The van der Waals surface area contributed by atoms with E-state index in [1.807, 2.05) is 20.8 Å². The maximum absolute atomic E-state index is 12.9. The van der Waals surface area contributed by atoms with E-state index < -0.39 is 12.1 Å². The standard InChI is InChI=1S/C22H32N2O5S/c1-6-8-10-12-28-24(21(27)11-9-7-2)19(16(3)4)13-20(29-17(5)26)22-23-18(14-25)15-30-22/h1,14-16,19-20H,7-13H2,2-5H3. The van der Waals surface area contributed by atoms with Crippen molar-refractivity contribution in [2.75, 3.05) is 6.61 Å². The highest BCUT2D eigenvalue weighted by Gasteiger charge is 2.33. The third-order valence-corrected chi connectivity index (χ3v) is 5.41. The third-order valence-electron chi connectivity index (χ3n) is 4.46. The monoisotopic (exact) mass is 436 g/mol. The van der Waals surface area contributed by atoms with Crippen LogP contribution < -0.4 is 0 Å². The van der Waals surface area contributed by atoms with E-state index in [-0.39, 0.29) is 23.6 Å². The summed E-state index contributed by atoms with van der Waals surface area (Å²) in [6.45, 7) is 7.65. The fraction of sp³-hybridized carbons (Fsp3) is 0.636. The highest BCUT2D eigenvalue weighted by Crippen LogP contribution is 2.31. The molecule has 8 heteroatoms. The molecule has 0 radical (unpaired) electrons. The number of nitrogens with zero attached hydrogens (tertiary/aromatic N) is 2. The molecule has 0 aromatic carbocycles. The van der Waals surface area contributed by atoms with Gasteiger partial charge in [0.1, 0.15) is 10.7 Å². The van der Waals surface area contributed by atoms with Crippen LogP contribution in [0.2, 0.25) is 0 Å². The number of hydrogen-bond acceptors (Lipinski definition) is 7. The van der Waals surface area contributed by atoms with E-state index in [1.165, 1.54) is 23.3 Å². The zero-order valence-corrected chi connectivity index (χ0v) is 19.1. The minimum absolute atomic E-state index is 0.0340. The van der Waals surface area contributed by atoms with Gasteiger partial charge in [0.15, 0.2) is 12.4 Å². The second kappa shape index (κ2) is 13.9. The van der Waals surface area contributed by atoms with Crippen LogP contribution in [0.3, 0.4) is 0 Å². The number of carbonyl (C=O) groups excluding carboxylic acids is 3. The highest BCUT2D eigenvalue weighted by atomic mass is 32.1. The molecule has 0 aliphatic heterocycles. The average molecular weight is 437 g/mol. The van der Waals surface area contributed by atoms with Gasteiger partial charge in [-0.05, 0) is 18.8 Å². The number of esters is 1. The summed E-state index contributed by atoms with van der Waals surface area (Å²) < 4.78 is 5.50. The molecule has 0 fully saturated rings. The molecule has 0 spiro atoms. The Kier molecular flexibility index (Phi) is 11.9. The Hall–Kier alpha value is -2.24. The van der Waals surface area contributed by atoms with Gasteiger partial charge in [0.2, 0.25) is 5.91 Å². The van der Waals surface area contributed by atoms with Crippen LogP contribution in [0.25, 0.3) is 0 Å². The summed E-state index contributed by atoms with van der Waals surface area (Å²) >= 11 is 1.25. The Morgan fingerprint density at radius 1 is 1.37 bits per heavy atom. The molecule has 2 atom stereocenters. The van der Waals surface area contributed by atoms with Gasteiger partial charge in [0.25, 0.3) is 0 Å². The first-order chi connectivity index (χ1) is 14.3. The number of thiazole rings is 1. The third kappa shape index (κ3) is 8.64. The quantitative estimate of drug-likeness (QED) is 0.142. The van der Waals surface area contributed by atoms with Crippen molar-refractivity contribution < 1.29 is 24.0 Å². The highest BCUT2D eigenvalue weighted by molar-refractivity contribution is 7.09. The SMILES string of the molecule is C#CCCCON(C(=O)CCCC)C(CC(OC(C)=O)c1nc(C=O)cs1)C(C)C. The summed E-state index contributed by atoms with van der Waals surface area (Å²) in [6.07, 6.45) is 8.83.